The monoisotopic (exact) mass is 208 g/mol. The van der Waals surface area contributed by atoms with Crippen LogP contribution in [0, 0.1) is 6.40 Å². The summed E-state index contributed by atoms with van der Waals surface area (Å²) in [5.41, 5.74) is 2.43. The van der Waals surface area contributed by atoms with Crippen molar-refractivity contribution in [2.75, 3.05) is 0 Å². The molecule has 0 aromatic carbocycles. The Morgan fingerprint density at radius 3 is 1.88 bits per heavy atom. The summed E-state index contributed by atoms with van der Waals surface area (Å²) in [6.07, 6.45) is 25.4. The highest BCUT2D eigenvalue weighted by molar-refractivity contribution is 5.40. The van der Waals surface area contributed by atoms with Crippen LogP contribution in [0.1, 0.15) is 7.79 Å². The molecule has 0 aromatic heterocycles. The standard InChI is InChI=1S/C16H15/c1-2-4-7-11-16-13-9-5-8-12-15(14-16)10-6-3-1/h1-13H,14H2/q+1/i5D. The third-order valence-electron chi connectivity index (χ3n) is 2.37. The fourth-order valence-corrected chi connectivity index (χ4v) is 1.56. The zero-order valence-corrected chi connectivity index (χ0v) is 9.14. The van der Waals surface area contributed by atoms with Gasteiger partial charge in [-0.2, -0.15) is 0 Å². The highest BCUT2D eigenvalue weighted by atomic mass is 14.0. The Kier molecular flexibility index (Phi) is 3.38. The number of rotatable bonds is 0. The molecule has 0 radical (unpaired) electrons. The van der Waals surface area contributed by atoms with E-state index in [-0.39, 0.29) is 0 Å². The maximum absolute atomic E-state index is 7.70. The summed E-state index contributed by atoms with van der Waals surface area (Å²) >= 11 is 0. The largest absolute Gasteiger partial charge is 0.153 e. The van der Waals surface area contributed by atoms with Crippen molar-refractivity contribution in [2.24, 2.45) is 0 Å². The predicted molar refractivity (Wildman–Crippen MR) is 70.8 cm³/mol. The lowest BCUT2D eigenvalue weighted by molar-refractivity contribution is 1.20. The van der Waals surface area contributed by atoms with Gasteiger partial charge in [0.05, 0.1) is 0 Å². The second-order valence-electron chi connectivity index (χ2n) is 3.65. The summed E-state index contributed by atoms with van der Waals surface area (Å²) in [5.74, 6) is 0. The highest BCUT2D eigenvalue weighted by Crippen LogP contribution is 2.17. The first-order valence-electron chi connectivity index (χ1n) is 5.94. The second kappa shape index (κ2) is 5.82. The molecule has 78 valence electrons. The molecule has 2 aliphatic carbocycles. The average Bonchev–Trinajstić information content (AvgIpc) is 2.37. The third-order valence-corrected chi connectivity index (χ3v) is 2.37. The third kappa shape index (κ3) is 3.32. The van der Waals surface area contributed by atoms with Gasteiger partial charge in [-0.3, -0.25) is 0 Å². The second-order valence-corrected chi connectivity index (χ2v) is 3.65. The molecule has 0 amide bonds. The van der Waals surface area contributed by atoms with Gasteiger partial charge in [-0.1, -0.05) is 36.5 Å². The first-order chi connectivity index (χ1) is 8.34. The van der Waals surface area contributed by atoms with Crippen LogP contribution >= 0.6 is 0 Å². The van der Waals surface area contributed by atoms with Crippen LogP contribution in [-0.2, 0) is 0 Å². The van der Waals surface area contributed by atoms with Gasteiger partial charge in [0.25, 0.3) is 0 Å². The van der Waals surface area contributed by atoms with Crippen molar-refractivity contribution in [3.8, 4) is 0 Å². The van der Waals surface area contributed by atoms with Crippen molar-refractivity contribution in [3.63, 3.8) is 0 Å². The van der Waals surface area contributed by atoms with Gasteiger partial charge in [0.1, 0.15) is 0 Å². The first-order valence-corrected chi connectivity index (χ1v) is 5.44. The Balaban J connectivity index is 2.38. The number of fused-ring (bicyclic) bond motifs is 2. The lowest BCUT2D eigenvalue weighted by Gasteiger charge is -2.00. The van der Waals surface area contributed by atoms with Crippen LogP contribution in [0.4, 0.5) is 0 Å². The Morgan fingerprint density at radius 2 is 1.31 bits per heavy atom. The fraction of sp³-hybridized carbons (Fsp3) is 0.0625. The van der Waals surface area contributed by atoms with Gasteiger partial charge in [0, 0.05) is 48.3 Å². The number of allylic oxidation sites excluding steroid dienone is 14. The number of hydrogen-bond donors (Lipinski definition) is 0. The molecule has 0 unspecified atom stereocenters. The zero-order valence-electron chi connectivity index (χ0n) is 10.1. The van der Waals surface area contributed by atoms with Crippen molar-refractivity contribution >= 4 is 0 Å². The molecule has 0 saturated heterocycles. The molecule has 2 rings (SSSR count). The molecule has 2 aliphatic rings. The van der Waals surface area contributed by atoms with E-state index in [2.05, 4.69) is 12.2 Å². The molecule has 0 aromatic rings. The smallest absolute Gasteiger partial charge is 0.0623 e. The molecule has 0 heterocycles. The minimum atomic E-state index is 0.530. The van der Waals surface area contributed by atoms with E-state index in [9.17, 15) is 0 Å². The van der Waals surface area contributed by atoms with Crippen molar-refractivity contribution in [1.29, 1.82) is 0 Å². The Labute approximate surface area is 98.8 Å². The quantitative estimate of drug-likeness (QED) is 0.522. The van der Waals surface area contributed by atoms with Gasteiger partial charge in [-0.05, 0) is 12.2 Å². The molecule has 0 nitrogen and oxygen atoms in total. The van der Waals surface area contributed by atoms with E-state index >= 15 is 0 Å². The fourth-order valence-electron chi connectivity index (χ4n) is 1.56. The maximum atomic E-state index is 7.70. The van der Waals surface area contributed by atoms with Gasteiger partial charge >= 0.3 is 0 Å². The SMILES string of the molecule is [2H][C+]1C=CC2=CC=CC=CC=CC=C(C=C1)C2. The van der Waals surface area contributed by atoms with Crippen molar-refractivity contribution in [3.05, 3.63) is 90.5 Å². The van der Waals surface area contributed by atoms with Crippen LogP contribution in [0.5, 0.6) is 0 Å². The Bertz CT molecular complexity index is 426. The molecule has 0 fully saturated rings. The average molecular weight is 208 g/mol. The van der Waals surface area contributed by atoms with Crippen LogP contribution in [0.2, 0.25) is 0 Å². The van der Waals surface area contributed by atoms with Gasteiger partial charge in [0.2, 0.25) is 0 Å². The number of hydrogen-bond acceptors (Lipinski definition) is 0. The highest BCUT2D eigenvalue weighted by Gasteiger charge is 2.03. The molecule has 0 saturated carbocycles. The molecule has 2 bridgehead atoms. The van der Waals surface area contributed by atoms with E-state index in [0.29, 0.717) is 6.40 Å². The van der Waals surface area contributed by atoms with Gasteiger partial charge in [0.15, 0.2) is 1.37 Å². The molecule has 0 heteroatoms. The summed E-state index contributed by atoms with van der Waals surface area (Å²) in [7, 11) is 0. The predicted octanol–water partition coefficient (Wildman–Crippen LogP) is 4.24. The lowest BCUT2D eigenvalue weighted by Crippen LogP contribution is -1.86. The summed E-state index contributed by atoms with van der Waals surface area (Å²) in [5, 5.41) is 0. The van der Waals surface area contributed by atoms with Gasteiger partial charge in [-0.15, -0.1) is 0 Å². The molecular weight excluding hydrogens is 192 g/mol. The zero-order chi connectivity index (χ0) is 11.9. The van der Waals surface area contributed by atoms with Gasteiger partial charge < -0.3 is 0 Å². The van der Waals surface area contributed by atoms with Crippen molar-refractivity contribution in [1.82, 2.24) is 0 Å². The first kappa shape index (κ1) is 9.29. The Hall–Kier alpha value is -1.95. The topological polar surface area (TPSA) is 0 Å². The van der Waals surface area contributed by atoms with E-state index in [1.54, 1.807) is 0 Å². The molecular formula is C16H15+. The van der Waals surface area contributed by atoms with Crippen LogP contribution in [0.3, 0.4) is 0 Å². The van der Waals surface area contributed by atoms with Crippen LogP contribution in [0.25, 0.3) is 0 Å². The van der Waals surface area contributed by atoms with E-state index in [4.69, 9.17) is 1.37 Å². The summed E-state index contributed by atoms with van der Waals surface area (Å²) < 4.78 is 7.70. The van der Waals surface area contributed by atoms with Crippen LogP contribution in [0.15, 0.2) is 84.1 Å². The van der Waals surface area contributed by atoms with E-state index < -0.39 is 0 Å². The minimum Gasteiger partial charge on any atom is -0.0623 e. The lowest BCUT2D eigenvalue weighted by atomic mass is 10.0. The van der Waals surface area contributed by atoms with E-state index in [1.807, 2.05) is 60.8 Å². The summed E-state index contributed by atoms with van der Waals surface area (Å²) in [6, 6.07) is 0. The molecule has 16 heavy (non-hydrogen) atoms. The normalized spacial score (nSPS) is 20.5. The Morgan fingerprint density at radius 1 is 0.812 bits per heavy atom. The minimum absolute atomic E-state index is 0.530. The van der Waals surface area contributed by atoms with E-state index in [0.717, 1.165) is 6.42 Å². The molecule has 0 atom stereocenters. The molecule has 0 N–H and O–H groups in total. The van der Waals surface area contributed by atoms with Crippen molar-refractivity contribution < 1.29 is 1.37 Å². The molecule has 0 aliphatic heterocycles. The van der Waals surface area contributed by atoms with Gasteiger partial charge in [-0.25, -0.2) is 0 Å². The summed E-state index contributed by atoms with van der Waals surface area (Å²) in [6.45, 7) is 0. The van der Waals surface area contributed by atoms with Crippen LogP contribution in [-0.4, -0.2) is 0 Å². The molecule has 0 spiro atoms. The van der Waals surface area contributed by atoms with Crippen molar-refractivity contribution in [2.45, 2.75) is 6.42 Å². The van der Waals surface area contributed by atoms with Crippen LogP contribution < -0.4 is 0 Å². The van der Waals surface area contributed by atoms with E-state index in [1.165, 1.54) is 11.1 Å². The maximum Gasteiger partial charge on any atom is 0.153 e. The summed E-state index contributed by atoms with van der Waals surface area (Å²) in [4.78, 5) is 0.